The maximum Gasteiger partial charge on any atom is 0.387 e. The van der Waals surface area contributed by atoms with Gasteiger partial charge in [0.1, 0.15) is 0 Å². The maximum atomic E-state index is 12.4. The Morgan fingerprint density at radius 3 is 2.73 bits per heavy atom. The third-order valence-corrected chi connectivity index (χ3v) is 5.17. The molecule has 1 aromatic carbocycles. The Morgan fingerprint density at radius 1 is 1.27 bits per heavy atom. The van der Waals surface area contributed by atoms with Gasteiger partial charge in [0.25, 0.3) is 0 Å². The second kappa shape index (κ2) is 7.36. The first-order chi connectivity index (χ1) is 12.1. The van der Waals surface area contributed by atoms with Gasteiger partial charge in [0.2, 0.25) is 11.7 Å². The first-order valence-electron chi connectivity index (χ1n) is 8.29. The van der Waals surface area contributed by atoms with E-state index < -0.39 is 6.61 Å². The molecule has 9 heteroatoms. The van der Waals surface area contributed by atoms with Crippen LogP contribution in [0.1, 0.15) is 31.1 Å². The van der Waals surface area contributed by atoms with E-state index in [-0.39, 0.29) is 23.9 Å². The van der Waals surface area contributed by atoms with E-state index in [1.165, 1.54) is 13.2 Å². The highest BCUT2D eigenvalue weighted by Crippen LogP contribution is 2.63. The number of benzene rings is 1. The Hall–Kier alpha value is -1.93. The van der Waals surface area contributed by atoms with Gasteiger partial charge in [-0.1, -0.05) is 5.16 Å². The summed E-state index contributed by atoms with van der Waals surface area (Å²) in [5.41, 5.74) is 0.940. The fourth-order valence-corrected chi connectivity index (χ4v) is 3.67. The summed E-state index contributed by atoms with van der Waals surface area (Å²) in [4.78, 5) is 4.52. The van der Waals surface area contributed by atoms with Crippen molar-refractivity contribution in [3.05, 3.63) is 24.1 Å². The molecule has 2 aliphatic rings. The number of nitrogens with zero attached hydrogens (tertiary/aromatic N) is 2. The monoisotopic (exact) mass is 387 g/mol. The van der Waals surface area contributed by atoms with E-state index in [2.05, 4.69) is 20.2 Å². The second-order valence-corrected chi connectivity index (χ2v) is 6.57. The van der Waals surface area contributed by atoms with Gasteiger partial charge in [0.15, 0.2) is 11.5 Å². The number of rotatable bonds is 5. The van der Waals surface area contributed by atoms with Gasteiger partial charge in [-0.25, -0.2) is 0 Å². The summed E-state index contributed by atoms with van der Waals surface area (Å²) in [6.07, 6.45) is 3.34. The van der Waals surface area contributed by atoms with Crippen LogP contribution in [-0.4, -0.2) is 37.0 Å². The van der Waals surface area contributed by atoms with Crippen LogP contribution < -0.4 is 14.8 Å². The topological polar surface area (TPSA) is 69.4 Å². The molecular formula is C17H20ClF2N3O3. The Labute approximate surface area is 155 Å². The molecule has 0 bridgehead atoms. The summed E-state index contributed by atoms with van der Waals surface area (Å²) in [6.45, 7) is -0.854. The normalized spacial score (nSPS) is 20.7. The van der Waals surface area contributed by atoms with Gasteiger partial charge in [0.05, 0.1) is 7.11 Å². The van der Waals surface area contributed by atoms with Crippen molar-refractivity contribution in [1.82, 2.24) is 15.5 Å². The average Bonchev–Trinajstić information content (AvgIpc) is 3.07. The van der Waals surface area contributed by atoms with E-state index in [1.807, 2.05) is 0 Å². The molecule has 0 radical (unpaired) electrons. The number of hydrogen-bond donors (Lipinski definition) is 1. The van der Waals surface area contributed by atoms with Crippen LogP contribution in [0.2, 0.25) is 0 Å². The van der Waals surface area contributed by atoms with Crippen molar-refractivity contribution in [1.29, 1.82) is 0 Å². The molecule has 6 nitrogen and oxygen atoms in total. The number of nitrogens with one attached hydrogen (secondary N) is 1. The molecule has 1 aliphatic carbocycles. The predicted molar refractivity (Wildman–Crippen MR) is 92.1 cm³/mol. The van der Waals surface area contributed by atoms with E-state index in [4.69, 9.17) is 9.26 Å². The van der Waals surface area contributed by atoms with Gasteiger partial charge in [0, 0.05) is 11.5 Å². The molecular weight excluding hydrogens is 368 g/mol. The lowest BCUT2D eigenvalue weighted by molar-refractivity contribution is -0.0512. The van der Waals surface area contributed by atoms with Crippen LogP contribution in [0.4, 0.5) is 8.78 Å². The summed E-state index contributed by atoms with van der Waals surface area (Å²) < 4.78 is 39.8. The summed E-state index contributed by atoms with van der Waals surface area (Å²) in [5.74, 6) is 1.57. The van der Waals surface area contributed by atoms with Crippen molar-refractivity contribution in [3.63, 3.8) is 0 Å². The smallest absolute Gasteiger partial charge is 0.387 e. The molecule has 1 atom stereocenters. The number of piperidine rings is 1. The van der Waals surface area contributed by atoms with Gasteiger partial charge in [-0.15, -0.1) is 12.4 Å². The molecule has 1 saturated heterocycles. The molecule has 1 spiro atoms. The van der Waals surface area contributed by atoms with Crippen molar-refractivity contribution in [2.75, 3.05) is 20.2 Å². The summed E-state index contributed by atoms with van der Waals surface area (Å²) in [5, 5.41) is 7.41. The zero-order chi connectivity index (χ0) is 17.4. The van der Waals surface area contributed by atoms with E-state index in [9.17, 15) is 8.78 Å². The van der Waals surface area contributed by atoms with Crippen molar-refractivity contribution in [2.24, 2.45) is 5.41 Å². The lowest BCUT2D eigenvalue weighted by atomic mass is 9.92. The number of alkyl halides is 2. The number of aromatic nitrogens is 2. The maximum absolute atomic E-state index is 12.4. The third kappa shape index (κ3) is 3.48. The van der Waals surface area contributed by atoms with Crippen molar-refractivity contribution >= 4 is 12.4 Å². The highest BCUT2D eigenvalue weighted by Gasteiger charge is 2.57. The molecule has 2 aromatic rings. The summed E-state index contributed by atoms with van der Waals surface area (Å²) in [6, 6.07) is 4.60. The van der Waals surface area contributed by atoms with Crippen LogP contribution in [-0.2, 0) is 0 Å². The fourth-order valence-electron chi connectivity index (χ4n) is 3.67. The minimum Gasteiger partial charge on any atom is -0.493 e. The molecule has 4 rings (SSSR count). The van der Waals surface area contributed by atoms with Crippen molar-refractivity contribution in [2.45, 2.75) is 31.8 Å². The standard InChI is InChI=1S/C17H19F2N3O3.ClH/c1-23-13-8-10(2-3-12(13)24-16(18)19)14-21-15(25-22-14)11-9-17(11)4-6-20-7-5-17;/h2-3,8,11,16,20H,4-7,9H2,1H3;1H. The van der Waals surface area contributed by atoms with Gasteiger partial charge >= 0.3 is 6.61 Å². The van der Waals surface area contributed by atoms with Crippen LogP contribution in [0, 0.1) is 5.41 Å². The first kappa shape index (κ1) is 18.8. The molecule has 26 heavy (non-hydrogen) atoms. The fraction of sp³-hybridized carbons (Fsp3) is 0.529. The zero-order valence-corrected chi connectivity index (χ0v) is 15.0. The Balaban J connectivity index is 0.00000196. The van der Waals surface area contributed by atoms with Gasteiger partial charge in [-0.3, -0.25) is 0 Å². The van der Waals surface area contributed by atoms with Gasteiger partial charge in [-0.2, -0.15) is 13.8 Å². The SMILES string of the molecule is COc1cc(-c2noc(C3CC34CCNCC4)n2)ccc1OC(F)F.Cl. The quantitative estimate of drug-likeness (QED) is 0.845. The van der Waals surface area contributed by atoms with Gasteiger partial charge in [-0.05, 0) is 56.0 Å². The average molecular weight is 388 g/mol. The van der Waals surface area contributed by atoms with E-state index >= 15 is 0 Å². The minimum atomic E-state index is -2.91. The van der Waals surface area contributed by atoms with E-state index in [1.54, 1.807) is 12.1 Å². The number of methoxy groups -OCH3 is 1. The predicted octanol–water partition coefficient (Wildman–Crippen LogP) is 3.63. The Morgan fingerprint density at radius 2 is 2.04 bits per heavy atom. The lowest BCUT2D eigenvalue weighted by Crippen LogP contribution is -2.29. The molecule has 1 aromatic heterocycles. The number of hydrogen-bond acceptors (Lipinski definition) is 6. The van der Waals surface area contributed by atoms with E-state index in [0.29, 0.717) is 28.6 Å². The van der Waals surface area contributed by atoms with Crippen LogP contribution in [0.3, 0.4) is 0 Å². The molecule has 142 valence electrons. The van der Waals surface area contributed by atoms with Crippen molar-refractivity contribution in [3.8, 4) is 22.9 Å². The molecule has 1 N–H and O–H groups in total. The van der Waals surface area contributed by atoms with E-state index in [0.717, 1.165) is 32.4 Å². The van der Waals surface area contributed by atoms with Crippen LogP contribution >= 0.6 is 12.4 Å². The number of halogens is 3. The Bertz CT molecular complexity index is 765. The third-order valence-electron chi connectivity index (χ3n) is 5.17. The van der Waals surface area contributed by atoms with Crippen LogP contribution in [0.5, 0.6) is 11.5 Å². The molecule has 2 heterocycles. The molecule has 1 aliphatic heterocycles. The van der Waals surface area contributed by atoms with Gasteiger partial charge < -0.3 is 19.3 Å². The second-order valence-electron chi connectivity index (χ2n) is 6.57. The molecule has 1 unspecified atom stereocenters. The number of ether oxygens (including phenoxy) is 2. The summed E-state index contributed by atoms with van der Waals surface area (Å²) >= 11 is 0. The zero-order valence-electron chi connectivity index (χ0n) is 14.2. The van der Waals surface area contributed by atoms with Crippen LogP contribution in [0.25, 0.3) is 11.4 Å². The largest absolute Gasteiger partial charge is 0.493 e. The molecule has 1 saturated carbocycles. The highest BCUT2D eigenvalue weighted by molar-refractivity contribution is 5.85. The molecule has 0 amide bonds. The summed E-state index contributed by atoms with van der Waals surface area (Å²) in [7, 11) is 1.39. The van der Waals surface area contributed by atoms with Crippen LogP contribution in [0.15, 0.2) is 22.7 Å². The first-order valence-corrected chi connectivity index (χ1v) is 8.29. The van der Waals surface area contributed by atoms with Crippen molar-refractivity contribution < 1.29 is 22.8 Å². The Kier molecular flexibility index (Phi) is 5.34. The lowest BCUT2D eigenvalue weighted by Gasteiger charge is -2.22. The minimum absolute atomic E-state index is 0. The molecule has 2 fully saturated rings. The highest BCUT2D eigenvalue weighted by atomic mass is 35.5.